The lowest BCUT2D eigenvalue weighted by Crippen LogP contribution is -2.26. The van der Waals surface area contributed by atoms with Gasteiger partial charge in [-0.05, 0) is 62.6 Å². The number of carbonyl (C=O) groups excluding carboxylic acids is 1. The lowest BCUT2D eigenvalue weighted by atomic mass is 9.88. The van der Waals surface area contributed by atoms with E-state index in [-0.39, 0.29) is 6.09 Å². The molecule has 0 unspecified atom stereocenters. The van der Waals surface area contributed by atoms with Gasteiger partial charge in [0.25, 0.3) is 0 Å². The van der Waals surface area contributed by atoms with Crippen LogP contribution in [0.1, 0.15) is 49.8 Å². The molecule has 35 heavy (non-hydrogen) atoms. The van der Waals surface area contributed by atoms with E-state index in [9.17, 15) is 4.79 Å². The molecule has 0 fully saturated rings. The first kappa shape index (κ1) is 24.5. The number of benzene rings is 3. The minimum atomic E-state index is -0.531. The Balaban J connectivity index is 1.37. The Hall–Kier alpha value is -3.63. The summed E-state index contributed by atoms with van der Waals surface area (Å²) in [6, 6.07) is 29.4. The topological polar surface area (TPSA) is 43.3 Å². The van der Waals surface area contributed by atoms with Crippen molar-refractivity contribution in [2.75, 3.05) is 13.1 Å². The summed E-state index contributed by atoms with van der Waals surface area (Å²) in [5.41, 5.74) is 4.09. The largest absolute Gasteiger partial charge is 0.443 e. The Morgan fingerprint density at radius 1 is 0.914 bits per heavy atom. The molecule has 0 saturated heterocycles. The fourth-order valence-electron chi connectivity index (χ4n) is 4.32. The van der Waals surface area contributed by atoms with Crippen molar-refractivity contribution >= 4 is 23.1 Å². The summed E-state index contributed by atoms with van der Waals surface area (Å²) in [4.78, 5) is 12.6. The van der Waals surface area contributed by atoms with Crippen molar-refractivity contribution in [1.82, 2.24) is 9.88 Å². The molecule has 0 aliphatic rings. The third kappa shape index (κ3) is 6.49. The maximum atomic E-state index is 12.6. The smallest absolute Gasteiger partial charge is 0.418 e. The van der Waals surface area contributed by atoms with E-state index in [0.717, 1.165) is 36.0 Å². The lowest BCUT2D eigenvalue weighted by Gasteiger charge is -2.19. The highest BCUT2D eigenvalue weighted by atomic mass is 16.6. The molecule has 0 radical (unpaired) electrons. The molecule has 0 aliphatic carbocycles. The minimum absolute atomic E-state index is 0.360. The van der Waals surface area contributed by atoms with Gasteiger partial charge in [0, 0.05) is 24.0 Å². The molecule has 0 amide bonds. The van der Waals surface area contributed by atoms with Gasteiger partial charge in [0.1, 0.15) is 5.60 Å². The van der Waals surface area contributed by atoms with Crippen LogP contribution < -0.4 is 5.32 Å². The van der Waals surface area contributed by atoms with E-state index in [1.54, 1.807) is 10.8 Å². The molecule has 4 rings (SSSR count). The van der Waals surface area contributed by atoms with Gasteiger partial charge in [-0.2, -0.15) is 0 Å². The number of carbonyl (C=O) groups is 1. The predicted octanol–water partition coefficient (Wildman–Crippen LogP) is 7.25. The average molecular weight is 467 g/mol. The Bertz CT molecular complexity index is 1230. The van der Waals surface area contributed by atoms with Crippen molar-refractivity contribution in [2.45, 2.75) is 38.7 Å². The molecular formula is C31H34N2O2. The molecule has 0 saturated carbocycles. The third-order valence-electron chi connectivity index (χ3n) is 5.93. The molecule has 1 aromatic heterocycles. The quantitative estimate of drug-likeness (QED) is 0.278. The third-order valence-corrected chi connectivity index (χ3v) is 5.93. The van der Waals surface area contributed by atoms with Crippen molar-refractivity contribution in [2.24, 2.45) is 0 Å². The normalized spacial score (nSPS) is 12.0. The SMILES string of the molecule is CC(C)(C)OC(=O)n1ccc2c(/C=C/CNCCC(c3ccccc3)c3ccccc3)cccc21. The van der Waals surface area contributed by atoms with E-state index >= 15 is 0 Å². The number of nitrogens with one attached hydrogen (secondary N) is 1. The van der Waals surface area contributed by atoms with Crippen LogP contribution in [0, 0.1) is 0 Å². The second-order valence-corrected chi connectivity index (χ2v) is 9.72. The standard InChI is InChI=1S/C31H34N2O2/c1-31(2,3)35-30(34)33-23-20-28-26(16-10-18-29(28)33)17-11-21-32-22-19-27(24-12-6-4-7-13-24)25-14-8-5-9-15-25/h4-18,20,23,27,32H,19,21-22H2,1-3H3/b17-11+. The zero-order chi connectivity index (χ0) is 24.7. The van der Waals surface area contributed by atoms with E-state index < -0.39 is 5.60 Å². The van der Waals surface area contributed by atoms with Crippen LogP contribution in [0.2, 0.25) is 0 Å². The first-order valence-corrected chi connectivity index (χ1v) is 12.2. The highest BCUT2D eigenvalue weighted by Crippen LogP contribution is 2.27. The lowest BCUT2D eigenvalue weighted by molar-refractivity contribution is 0.0544. The Morgan fingerprint density at radius 2 is 1.57 bits per heavy atom. The molecule has 0 spiro atoms. The molecule has 0 bridgehead atoms. The molecular weight excluding hydrogens is 432 g/mol. The molecule has 4 aromatic rings. The number of ether oxygens (including phenoxy) is 1. The number of fused-ring (bicyclic) bond motifs is 1. The van der Waals surface area contributed by atoms with E-state index in [0.29, 0.717) is 5.92 Å². The molecule has 4 heteroatoms. The van der Waals surface area contributed by atoms with Crippen molar-refractivity contribution < 1.29 is 9.53 Å². The summed E-state index contributed by atoms with van der Waals surface area (Å²) < 4.78 is 7.11. The fraction of sp³-hybridized carbons (Fsp3) is 0.258. The zero-order valence-corrected chi connectivity index (χ0v) is 20.8. The molecule has 1 N–H and O–H groups in total. The number of hydrogen-bond donors (Lipinski definition) is 1. The first-order chi connectivity index (χ1) is 16.9. The Labute approximate surface area is 208 Å². The van der Waals surface area contributed by atoms with E-state index in [1.807, 2.05) is 39.0 Å². The summed E-state index contributed by atoms with van der Waals surface area (Å²) in [5.74, 6) is 0.371. The number of nitrogens with zero attached hydrogens (tertiary/aromatic N) is 1. The monoisotopic (exact) mass is 466 g/mol. The fourth-order valence-corrected chi connectivity index (χ4v) is 4.32. The maximum absolute atomic E-state index is 12.6. The predicted molar refractivity (Wildman–Crippen MR) is 145 cm³/mol. The van der Waals surface area contributed by atoms with Crippen LogP contribution in [0.25, 0.3) is 17.0 Å². The van der Waals surface area contributed by atoms with Gasteiger partial charge in [0.2, 0.25) is 0 Å². The average Bonchev–Trinajstić information content (AvgIpc) is 3.29. The molecule has 0 atom stereocenters. The number of rotatable bonds is 8. The minimum Gasteiger partial charge on any atom is -0.443 e. The molecule has 4 nitrogen and oxygen atoms in total. The summed E-state index contributed by atoms with van der Waals surface area (Å²) in [6.45, 7) is 7.32. The molecule has 0 aliphatic heterocycles. The van der Waals surface area contributed by atoms with Gasteiger partial charge in [0.15, 0.2) is 0 Å². The van der Waals surface area contributed by atoms with Crippen LogP contribution in [-0.4, -0.2) is 29.4 Å². The van der Waals surface area contributed by atoms with E-state index in [4.69, 9.17) is 4.74 Å². The zero-order valence-electron chi connectivity index (χ0n) is 20.8. The second-order valence-electron chi connectivity index (χ2n) is 9.72. The van der Waals surface area contributed by atoms with Gasteiger partial charge in [-0.1, -0.05) is 84.9 Å². The van der Waals surface area contributed by atoms with Crippen molar-refractivity contribution in [1.29, 1.82) is 0 Å². The van der Waals surface area contributed by atoms with Crippen LogP contribution in [0.5, 0.6) is 0 Å². The van der Waals surface area contributed by atoms with Gasteiger partial charge < -0.3 is 10.1 Å². The van der Waals surface area contributed by atoms with Crippen LogP contribution in [0.4, 0.5) is 4.79 Å². The Morgan fingerprint density at radius 3 is 2.20 bits per heavy atom. The maximum Gasteiger partial charge on any atom is 0.418 e. The van der Waals surface area contributed by atoms with Crippen LogP contribution in [0.15, 0.2) is 97.2 Å². The highest BCUT2D eigenvalue weighted by molar-refractivity contribution is 5.94. The van der Waals surface area contributed by atoms with Gasteiger partial charge in [-0.25, -0.2) is 4.79 Å². The second kappa shape index (κ2) is 11.2. The Kier molecular flexibility index (Phi) is 7.84. The summed E-state index contributed by atoms with van der Waals surface area (Å²) in [5, 5.41) is 4.59. The van der Waals surface area contributed by atoms with Gasteiger partial charge >= 0.3 is 6.09 Å². The molecule has 180 valence electrons. The van der Waals surface area contributed by atoms with Crippen LogP contribution in [-0.2, 0) is 4.74 Å². The summed E-state index contributed by atoms with van der Waals surface area (Å²) in [6.07, 6.45) is 6.69. The number of hydrogen-bond acceptors (Lipinski definition) is 3. The van der Waals surface area contributed by atoms with Crippen LogP contribution in [0.3, 0.4) is 0 Å². The molecule has 3 aromatic carbocycles. The van der Waals surface area contributed by atoms with E-state index in [2.05, 4.69) is 84.2 Å². The number of aromatic nitrogens is 1. The van der Waals surface area contributed by atoms with Crippen molar-refractivity contribution in [3.8, 4) is 0 Å². The van der Waals surface area contributed by atoms with Crippen molar-refractivity contribution in [3.05, 3.63) is 114 Å². The summed E-state index contributed by atoms with van der Waals surface area (Å²) >= 11 is 0. The highest BCUT2D eigenvalue weighted by Gasteiger charge is 2.19. The van der Waals surface area contributed by atoms with E-state index in [1.165, 1.54) is 11.1 Å². The van der Waals surface area contributed by atoms with Crippen LogP contribution >= 0.6 is 0 Å². The van der Waals surface area contributed by atoms with Gasteiger partial charge in [0.05, 0.1) is 5.52 Å². The van der Waals surface area contributed by atoms with Crippen molar-refractivity contribution in [3.63, 3.8) is 0 Å². The van der Waals surface area contributed by atoms with Gasteiger partial charge in [-0.3, -0.25) is 4.57 Å². The molecule has 1 heterocycles. The first-order valence-electron chi connectivity index (χ1n) is 12.2. The van der Waals surface area contributed by atoms with Gasteiger partial charge in [-0.15, -0.1) is 0 Å². The summed E-state index contributed by atoms with van der Waals surface area (Å²) in [7, 11) is 0.